The molecule has 17 heavy (non-hydrogen) atoms. The van der Waals surface area contributed by atoms with E-state index in [1.54, 1.807) is 0 Å². The van der Waals surface area contributed by atoms with E-state index >= 15 is 0 Å². The molecule has 2 nitrogen and oxygen atoms in total. The van der Waals surface area contributed by atoms with E-state index in [1.165, 1.54) is 6.42 Å². The molecule has 0 heterocycles. The fourth-order valence-electron chi connectivity index (χ4n) is 2.24. The molecule has 1 aliphatic rings. The van der Waals surface area contributed by atoms with Crippen LogP contribution in [0.15, 0.2) is 29.3 Å². The summed E-state index contributed by atoms with van der Waals surface area (Å²) in [5.41, 5.74) is 1.06. The number of rotatable bonds is 3. The van der Waals surface area contributed by atoms with E-state index in [4.69, 9.17) is 11.6 Å². The van der Waals surface area contributed by atoms with E-state index in [2.05, 4.69) is 4.99 Å². The third-order valence-electron chi connectivity index (χ3n) is 3.32. The number of nitrogens with zero attached hydrogens (tertiary/aromatic N) is 1. The lowest BCUT2D eigenvalue weighted by Gasteiger charge is -2.25. The van der Waals surface area contributed by atoms with E-state index in [0.29, 0.717) is 5.92 Å². The quantitative estimate of drug-likeness (QED) is 0.822. The monoisotopic (exact) mass is 251 g/mol. The lowest BCUT2D eigenvalue weighted by atomic mass is 9.87. The highest BCUT2D eigenvalue weighted by Crippen LogP contribution is 2.24. The van der Waals surface area contributed by atoms with Gasteiger partial charge in [0.05, 0.1) is 6.10 Å². The van der Waals surface area contributed by atoms with Crippen molar-refractivity contribution in [2.75, 3.05) is 6.54 Å². The van der Waals surface area contributed by atoms with Gasteiger partial charge in [-0.3, -0.25) is 4.99 Å². The van der Waals surface area contributed by atoms with Gasteiger partial charge < -0.3 is 5.11 Å². The largest absolute Gasteiger partial charge is 0.393 e. The lowest BCUT2D eigenvalue weighted by Crippen LogP contribution is -2.26. The van der Waals surface area contributed by atoms with Gasteiger partial charge in [-0.05, 0) is 30.5 Å². The average molecular weight is 252 g/mol. The van der Waals surface area contributed by atoms with Crippen molar-refractivity contribution in [2.24, 2.45) is 10.9 Å². The van der Waals surface area contributed by atoms with Crippen LogP contribution in [0, 0.1) is 5.92 Å². The first-order valence-electron chi connectivity index (χ1n) is 6.19. The third kappa shape index (κ3) is 3.83. The number of aliphatic hydroxyl groups excluding tert-OH is 1. The molecule has 0 spiro atoms. The fraction of sp³-hybridized carbons (Fsp3) is 0.500. The van der Waals surface area contributed by atoms with Crippen LogP contribution >= 0.6 is 11.6 Å². The first-order chi connectivity index (χ1) is 8.25. The first-order valence-corrected chi connectivity index (χ1v) is 6.57. The van der Waals surface area contributed by atoms with E-state index in [9.17, 15) is 5.11 Å². The Morgan fingerprint density at radius 2 is 1.94 bits per heavy atom. The minimum atomic E-state index is -0.161. The molecule has 0 radical (unpaired) electrons. The van der Waals surface area contributed by atoms with Crippen molar-refractivity contribution in [2.45, 2.75) is 31.8 Å². The fourth-order valence-corrected chi connectivity index (χ4v) is 2.37. The van der Waals surface area contributed by atoms with E-state index in [0.717, 1.165) is 36.4 Å². The Labute approximate surface area is 107 Å². The molecule has 0 aliphatic heterocycles. The third-order valence-corrected chi connectivity index (χ3v) is 3.57. The van der Waals surface area contributed by atoms with Gasteiger partial charge in [0.25, 0.3) is 0 Å². The van der Waals surface area contributed by atoms with E-state index < -0.39 is 0 Å². The molecule has 0 bridgehead atoms. The normalized spacial score (nSPS) is 25.3. The summed E-state index contributed by atoms with van der Waals surface area (Å²) in [6.07, 6.45) is 6.10. The molecule has 1 saturated carbocycles. The van der Waals surface area contributed by atoms with Crippen LogP contribution in [0.1, 0.15) is 31.2 Å². The zero-order valence-corrected chi connectivity index (χ0v) is 10.6. The molecule has 1 aromatic rings. The summed E-state index contributed by atoms with van der Waals surface area (Å²) in [4.78, 5) is 4.42. The van der Waals surface area contributed by atoms with Crippen LogP contribution in [-0.2, 0) is 0 Å². The summed E-state index contributed by atoms with van der Waals surface area (Å²) >= 11 is 5.81. The number of benzene rings is 1. The van der Waals surface area contributed by atoms with Crippen LogP contribution in [0.25, 0.3) is 0 Å². The summed E-state index contributed by atoms with van der Waals surface area (Å²) in [6.45, 7) is 0.726. The summed E-state index contributed by atoms with van der Waals surface area (Å²) in [6, 6.07) is 7.61. The highest BCUT2D eigenvalue weighted by molar-refractivity contribution is 6.30. The average Bonchev–Trinajstić information content (AvgIpc) is 2.34. The molecule has 2 rings (SSSR count). The van der Waals surface area contributed by atoms with Gasteiger partial charge >= 0.3 is 0 Å². The summed E-state index contributed by atoms with van der Waals surface area (Å²) < 4.78 is 0. The zero-order valence-electron chi connectivity index (χ0n) is 9.85. The second-order valence-corrected chi connectivity index (χ2v) is 5.09. The van der Waals surface area contributed by atoms with Crippen LogP contribution in [0.4, 0.5) is 0 Å². The maximum Gasteiger partial charge on any atom is 0.0586 e. The molecule has 1 aromatic carbocycles. The smallest absolute Gasteiger partial charge is 0.0586 e. The highest BCUT2D eigenvalue weighted by Gasteiger charge is 2.21. The molecular weight excluding hydrogens is 234 g/mol. The Morgan fingerprint density at radius 3 is 2.65 bits per heavy atom. The molecule has 0 saturated heterocycles. The van der Waals surface area contributed by atoms with Crippen molar-refractivity contribution < 1.29 is 5.11 Å². The highest BCUT2D eigenvalue weighted by atomic mass is 35.5. The molecule has 0 unspecified atom stereocenters. The molecule has 0 amide bonds. The van der Waals surface area contributed by atoms with E-state index in [-0.39, 0.29) is 6.10 Å². The van der Waals surface area contributed by atoms with Gasteiger partial charge in [0.1, 0.15) is 0 Å². The van der Waals surface area contributed by atoms with Crippen LogP contribution in [0.3, 0.4) is 0 Å². The Hall–Kier alpha value is -0.860. The van der Waals surface area contributed by atoms with Crippen molar-refractivity contribution in [3.8, 4) is 0 Å². The lowest BCUT2D eigenvalue weighted by molar-refractivity contribution is 0.0746. The Balaban J connectivity index is 1.86. The number of halogens is 1. The van der Waals surface area contributed by atoms with Gasteiger partial charge in [-0.25, -0.2) is 0 Å². The summed E-state index contributed by atoms with van der Waals surface area (Å²) in [5.74, 6) is 0.340. The van der Waals surface area contributed by atoms with Crippen LogP contribution in [-0.4, -0.2) is 24.0 Å². The number of aliphatic imine (C=N–C) groups is 1. The summed E-state index contributed by atoms with van der Waals surface area (Å²) in [7, 11) is 0. The predicted octanol–water partition coefficient (Wildman–Crippen LogP) is 3.31. The molecule has 1 N–H and O–H groups in total. The van der Waals surface area contributed by atoms with Crippen LogP contribution < -0.4 is 0 Å². The Morgan fingerprint density at radius 1 is 1.24 bits per heavy atom. The molecule has 3 heteroatoms. The van der Waals surface area contributed by atoms with Crippen LogP contribution in [0.5, 0.6) is 0 Å². The molecule has 2 atom stereocenters. The van der Waals surface area contributed by atoms with Crippen molar-refractivity contribution in [1.29, 1.82) is 0 Å². The van der Waals surface area contributed by atoms with Gasteiger partial charge in [-0.2, -0.15) is 0 Å². The zero-order chi connectivity index (χ0) is 12.1. The van der Waals surface area contributed by atoms with Gasteiger partial charge in [-0.1, -0.05) is 36.6 Å². The molecular formula is C14H18ClNO. The number of hydrogen-bond donors (Lipinski definition) is 1. The maximum absolute atomic E-state index is 9.81. The molecule has 1 aliphatic carbocycles. The summed E-state index contributed by atoms with van der Waals surface area (Å²) in [5, 5.41) is 10.6. The van der Waals surface area contributed by atoms with Gasteiger partial charge in [-0.15, -0.1) is 0 Å². The SMILES string of the molecule is O[C@H]1CCCC[C@@H]1CN=Cc1ccc(Cl)cc1. The van der Waals surface area contributed by atoms with Gasteiger partial charge in [0.2, 0.25) is 0 Å². The minimum Gasteiger partial charge on any atom is -0.393 e. The minimum absolute atomic E-state index is 0.161. The number of hydrogen-bond acceptors (Lipinski definition) is 2. The van der Waals surface area contributed by atoms with Gasteiger partial charge in [0, 0.05) is 23.7 Å². The molecule has 1 fully saturated rings. The standard InChI is InChI=1S/C14H18ClNO/c15-13-7-5-11(6-8-13)9-16-10-12-3-1-2-4-14(12)17/h5-9,12,14,17H,1-4,10H2/t12-,14+/m1/s1. The Bertz CT molecular complexity index is 374. The molecule has 0 aromatic heterocycles. The maximum atomic E-state index is 9.81. The van der Waals surface area contributed by atoms with Crippen molar-refractivity contribution in [3.63, 3.8) is 0 Å². The second-order valence-electron chi connectivity index (χ2n) is 4.66. The number of aliphatic hydroxyl groups is 1. The topological polar surface area (TPSA) is 32.6 Å². The van der Waals surface area contributed by atoms with Crippen molar-refractivity contribution >= 4 is 17.8 Å². The Kier molecular flexibility index (Phi) is 4.57. The van der Waals surface area contributed by atoms with Crippen molar-refractivity contribution in [3.05, 3.63) is 34.9 Å². The van der Waals surface area contributed by atoms with Crippen LogP contribution in [0.2, 0.25) is 5.02 Å². The predicted molar refractivity (Wildman–Crippen MR) is 71.9 cm³/mol. The molecule has 92 valence electrons. The van der Waals surface area contributed by atoms with Gasteiger partial charge in [0.15, 0.2) is 0 Å². The second kappa shape index (κ2) is 6.18. The van der Waals surface area contributed by atoms with Crippen molar-refractivity contribution in [1.82, 2.24) is 0 Å². The van der Waals surface area contributed by atoms with E-state index in [1.807, 2.05) is 30.5 Å². The first kappa shape index (κ1) is 12.6.